The predicted octanol–water partition coefficient (Wildman–Crippen LogP) is 7.17. The number of rotatable bonds is 10. The van der Waals surface area contributed by atoms with Gasteiger partial charge in [0.1, 0.15) is 23.7 Å². The van der Waals surface area contributed by atoms with Crippen LogP contribution in [0.2, 0.25) is 0 Å². The summed E-state index contributed by atoms with van der Waals surface area (Å²) < 4.78 is 9.55. The van der Waals surface area contributed by atoms with Gasteiger partial charge in [-0.2, -0.15) is 0 Å². The van der Waals surface area contributed by atoms with Crippen LogP contribution in [-0.4, -0.2) is 93.1 Å². The van der Waals surface area contributed by atoms with Gasteiger partial charge < -0.3 is 39.9 Å². The van der Waals surface area contributed by atoms with Crippen molar-refractivity contribution < 1.29 is 28.7 Å². The molecule has 56 heavy (non-hydrogen) atoms. The first-order valence-electron chi connectivity index (χ1n) is 19.0. The van der Waals surface area contributed by atoms with Gasteiger partial charge in [-0.1, -0.05) is 63.4 Å². The average Bonchev–Trinajstić information content (AvgIpc) is 4.03. The first-order chi connectivity index (χ1) is 26.9. The molecule has 0 aliphatic carbocycles. The van der Waals surface area contributed by atoms with Crippen LogP contribution in [0.3, 0.4) is 0 Å². The van der Waals surface area contributed by atoms with Crippen molar-refractivity contribution in [2.24, 2.45) is 11.8 Å². The van der Waals surface area contributed by atoms with E-state index in [4.69, 9.17) is 19.4 Å². The van der Waals surface area contributed by atoms with Gasteiger partial charge in [-0.15, -0.1) is 0 Å². The number of benzene rings is 2. The van der Waals surface area contributed by atoms with Crippen LogP contribution in [-0.2, 0) is 19.1 Å². The molecule has 4 N–H and O–H groups in total. The molecule has 0 radical (unpaired) electrons. The van der Waals surface area contributed by atoms with Crippen LogP contribution >= 0.6 is 23.5 Å². The molecule has 0 unspecified atom stereocenters. The van der Waals surface area contributed by atoms with E-state index in [1.54, 1.807) is 23.5 Å². The quantitative estimate of drug-likeness (QED) is 0.113. The van der Waals surface area contributed by atoms with Crippen molar-refractivity contribution in [3.8, 4) is 22.5 Å². The molecule has 5 heterocycles. The Morgan fingerprint density at radius 2 is 1.27 bits per heavy atom. The Hall–Kier alpha value is -4.96. The van der Waals surface area contributed by atoms with Crippen molar-refractivity contribution in [1.82, 2.24) is 40.4 Å². The van der Waals surface area contributed by atoms with Crippen molar-refractivity contribution >= 4 is 47.5 Å². The molecular weight excluding hydrogens is 753 g/mol. The van der Waals surface area contributed by atoms with Gasteiger partial charge >= 0.3 is 12.2 Å². The van der Waals surface area contributed by atoms with Crippen molar-refractivity contribution in [2.45, 2.75) is 97.1 Å². The Kier molecular flexibility index (Phi) is 11.7. The topological polar surface area (TPSA) is 175 Å². The van der Waals surface area contributed by atoms with E-state index in [1.807, 2.05) is 49.9 Å². The highest BCUT2D eigenvalue weighted by Crippen LogP contribution is 2.50. The molecule has 3 aliphatic heterocycles. The minimum absolute atomic E-state index is 0.110. The van der Waals surface area contributed by atoms with Crippen molar-refractivity contribution in [3.05, 3.63) is 60.4 Å². The van der Waals surface area contributed by atoms with Gasteiger partial charge in [0.2, 0.25) is 11.8 Å². The Morgan fingerprint density at radius 3 is 1.82 bits per heavy atom. The van der Waals surface area contributed by atoms with Gasteiger partial charge in [0.05, 0.1) is 43.9 Å². The van der Waals surface area contributed by atoms with Crippen LogP contribution in [0.15, 0.2) is 68.4 Å². The van der Waals surface area contributed by atoms with E-state index in [9.17, 15) is 19.2 Å². The van der Waals surface area contributed by atoms with Crippen LogP contribution in [0.4, 0.5) is 9.59 Å². The fourth-order valence-electron chi connectivity index (χ4n) is 7.60. The van der Waals surface area contributed by atoms with Gasteiger partial charge in [0, 0.05) is 50.0 Å². The van der Waals surface area contributed by atoms with Crippen LogP contribution in [0.25, 0.3) is 22.5 Å². The smallest absolute Gasteiger partial charge is 0.407 e. The molecule has 2 aromatic carbocycles. The maximum absolute atomic E-state index is 13.6. The minimum Gasteiger partial charge on any atom is -0.453 e. The SMILES string of the molecule is COC(=O)N[C@H](C(=O)N1CCC[C@H]1c1nc(-c2ccc3c(c2)Sc2cc(-c4cnc([C@@H]5CCCN5C(=O)[C@@H](NC(=O)OC)C(C)C)[nH]4)ccc2S3)c[nH]1)C(C)C. The third-order valence-corrected chi connectivity index (χ3v) is 13.1. The maximum Gasteiger partial charge on any atom is 0.407 e. The summed E-state index contributed by atoms with van der Waals surface area (Å²) in [6, 6.07) is 10.9. The lowest BCUT2D eigenvalue weighted by Crippen LogP contribution is -2.51. The first kappa shape index (κ1) is 39.3. The second-order valence-corrected chi connectivity index (χ2v) is 17.1. The Bertz CT molecular complexity index is 1970. The summed E-state index contributed by atoms with van der Waals surface area (Å²) >= 11 is 3.44. The monoisotopic (exact) mass is 800 g/mol. The molecule has 4 amide bonds. The largest absolute Gasteiger partial charge is 0.453 e. The Labute approximate surface area is 334 Å². The molecule has 2 saturated heterocycles. The molecule has 2 fully saturated rings. The Morgan fingerprint density at radius 1 is 0.750 bits per heavy atom. The molecule has 296 valence electrons. The van der Waals surface area contributed by atoms with E-state index in [-0.39, 0.29) is 35.7 Å². The van der Waals surface area contributed by atoms with Crippen LogP contribution in [0.1, 0.15) is 77.1 Å². The number of likely N-dealkylation sites (tertiary alicyclic amines) is 2. The predicted molar refractivity (Wildman–Crippen MR) is 212 cm³/mol. The molecule has 3 aliphatic rings. The van der Waals surface area contributed by atoms with Crippen LogP contribution < -0.4 is 10.6 Å². The second kappa shape index (κ2) is 16.6. The maximum atomic E-state index is 13.6. The van der Waals surface area contributed by atoms with Crippen LogP contribution in [0.5, 0.6) is 0 Å². The lowest BCUT2D eigenvalue weighted by molar-refractivity contribution is -0.136. The number of aromatic nitrogens is 4. The molecule has 0 bridgehead atoms. The highest BCUT2D eigenvalue weighted by Gasteiger charge is 2.39. The molecular formula is C40H48N8O6S2. The molecule has 2 aromatic heterocycles. The summed E-state index contributed by atoms with van der Waals surface area (Å²) in [5, 5.41) is 5.41. The normalized spacial score (nSPS) is 18.7. The molecule has 16 heteroatoms. The lowest BCUT2D eigenvalue weighted by Gasteiger charge is -2.30. The zero-order valence-electron chi connectivity index (χ0n) is 32.4. The number of hydrogen-bond acceptors (Lipinski definition) is 10. The van der Waals surface area contributed by atoms with E-state index < -0.39 is 24.3 Å². The lowest BCUT2D eigenvalue weighted by atomic mass is 10.0. The number of nitrogens with one attached hydrogen (secondary N) is 4. The van der Waals surface area contributed by atoms with Crippen molar-refractivity contribution in [3.63, 3.8) is 0 Å². The number of ether oxygens (including phenoxy) is 2. The number of carbonyl (C=O) groups is 4. The number of imidazole rings is 2. The third-order valence-electron chi connectivity index (χ3n) is 10.6. The number of carbonyl (C=O) groups excluding carboxylic acids is 4. The van der Waals surface area contributed by atoms with Crippen molar-refractivity contribution in [1.29, 1.82) is 0 Å². The minimum atomic E-state index is -0.694. The van der Waals surface area contributed by atoms with E-state index in [1.165, 1.54) is 19.1 Å². The molecule has 14 nitrogen and oxygen atoms in total. The van der Waals surface area contributed by atoms with Gasteiger partial charge in [-0.05, 0) is 61.8 Å². The van der Waals surface area contributed by atoms with Gasteiger partial charge in [0.25, 0.3) is 0 Å². The number of fused-ring (bicyclic) bond motifs is 2. The Balaban J connectivity index is 1.05. The van der Waals surface area contributed by atoms with Crippen LogP contribution in [0, 0.1) is 11.8 Å². The number of aromatic amines is 2. The van der Waals surface area contributed by atoms with Gasteiger partial charge in [-0.25, -0.2) is 19.6 Å². The van der Waals surface area contributed by atoms with E-state index in [2.05, 4.69) is 57.0 Å². The highest BCUT2D eigenvalue weighted by atomic mass is 32.2. The summed E-state index contributed by atoms with van der Waals surface area (Å²) in [5.41, 5.74) is 3.63. The average molecular weight is 801 g/mol. The highest BCUT2D eigenvalue weighted by molar-refractivity contribution is 8.05. The summed E-state index contributed by atoms with van der Waals surface area (Å²) in [5.74, 6) is 0.947. The second-order valence-electron chi connectivity index (χ2n) is 15.0. The van der Waals surface area contributed by atoms with Gasteiger partial charge in [0.15, 0.2) is 0 Å². The summed E-state index contributed by atoms with van der Waals surface area (Å²) in [6.45, 7) is 8.80. The zero-order valence-corrected chi connectivity index (χ0v) is 34.0. The number of amides is 4. The number of alkyl carbamates (subject to hydrolysis) is 2. The molecule has 0 saturated carbocycles. The van der Waals surface area contributed by atoms with Crippen molar-refractivity contribution in [2.75, 3.05) is 27.3 Å². The number of nitrogens with zero attached hydrogens (tertiary/aromatic N) is 4. The van der Waals surface area contributed by atoms with Gasteiger partial charge in [-0.3, -0.25) is 9.59 Å². The number of hydrogen-bond donors (Lipinski definition) is 4. The fraction of sp³-hybridized carbons (Fsp3) is 0.450. The van der Waals surface area contributed by atoms with E-state index >= 15 is 0 Å². The van der Waals surface area contributed by atoms with E-state index in [0.29, 0.717) is 13.1 Å². The summed E-state index contributed by atoms with van der Waals surface area (Å²) in [6.07, 6.45) is 5.71. The summed E-state index contributed by atoms with van der Waals surface area (Å²) in [7, 11) is 2.58. The number of methoxy groups -OCH3 is 2. The third kappa shape index (κ3) is 7.99. The standard InChI is InChI=1S/C40H48N8O6S2/c1-21(2)33(45-39(51)53-5)37(49)47-15-7-9-27(47)35-41-19-25(43-35)23-11-13-29-31(17-23)56-32-18-24(12-14-30(32)55-29)26-20-42-36(44-26)28-10-8-16-48(28)38(50)34(22(3)4)46-40(52)54-6/h11-14,17-22,27-28,33-34H,7-10,15-16H2,1-6H3,(H,41,43)(H,42,44)(H,45,51)(H,46,52)/t27-,28-,33-,34-/m0/s1. The molecule has 0 spiro atoms. The molecule has 4 aromatic rings. The zero-order chi connectivity index (χ0) is 39.7. The van der Waals surface area contributed by atoms with E-state index in [0.717, 1.165) is 74.5 Å². The fourth-order valence-corrected chi connectivity index (χ4v) is 9.88. The molecule has 7 rings (SSSR count). The first-order valence-corrected chi connectivity index (χ1v) is 20.6. The number of H-pyrrole nitrogens is 2. The molecule has 4 atom stereocenters. The summed E-state index contributed by atoms with van der Waals surface area (Å²) in [4.78, 5) is 76.0.